The third-order valence-corrected chi connectivity index (χ3v) is 3.89. The van der Waals surface area contributed by atoms with Gasteiger partial charge in [-0.2, -0.15) is 0 Å². The van der Waals surface area contributed by atoms with Crippen LogP contribution in [0.3, 0.4) is 0 Å². The van der Waals surface area contributed by atoms with Gasteiger partial charge in [0.2, 0.25) is 5.91 Å². The van der Waals surface area contributed by atoms with E-state index in [0.29, 0.717) is 25.5 Å². The monoisotopic (exact) mass is 376 g/mol. The lowest BCUT2D eigenvalue weighted by Gasteiger charge is -2.23. The standard InChI is InChI=1S/C21H36N4O2/c1-7-22-20(23-15-14-19(26)25(8-2)9-3)24-16-17-12-10-11-13-18(17)27-21(4,5)6/h10-13H,7-9,14-16H2,1-6H3,(H2,22,23,24). The summed E-state index contributed by atoms with van der Waals surface area (Å²) in [6.07, 6.45) is 0.454. The molecule has 27 heavy (non-hydrogen) atoms. The van der Waals surface area contributed by atoms with Gasteiger partial charge in [-0.15, -0.1) is 0 Å². The summed E-state index contributed by atoms with van der Waals surface area (Å²) in [4.78, 5) is 18.6. The Morgan fingerprint density at radius 1 is 1.11 bits per heavy atom. The molecule has 1 amide bonds. The van der Waals surface area contributed by atoms with E-state index in [1.54, 1.807) is 0 Å². The normalized spacial score (nSPS) is 11.9. The lowest BCUT2D eigenvalue weighted by molar-refractivity contribution is -0.130. The molecule has 0 unspecified atom stereocenters. The van der Waals surface area contributed by atoms with E-state index in [1.807, 2.05) is 70.7 Å². The number of carbonyl (C=O) groups excluding carboxylic acids is 1. The molecule has 0 saturated heterocycles. The van der Waals surface area contributed by atoms with Crippen molar-refractivity contribution in [1.29, 1.82) is 0 Å². The number of amides is 1. The molecule has 0 saturated carbocycles. The fourth-order valence-corrected chi connectivity index (χ4v) is 2.59. The second-order valence-electron chi connectivity index (χ2n) is 7.26. The van der Waals surface area contributed by atoms with Crippen molar-refractivity contribution in [2.75, 3.05) is 26.2 Å². The van der Waals surface area contributed by atoms with Gasteiger partial charge in [0.25, 0.3) is 0 Å². The molecule has 0 atom stereocenters. The number of guanidine groups is 1. The molecule has 2 N–H and O–H groups in total. The Labute approximate surface area is 164 Å². The van der Waals surface area contributed by atoms with Crippen molar-refractivity contribution >= 4 is 11.9 Å². The van der Waals surface area contributed by atoms with Crippen molar-refractivity contribution < 1.29 is 9.53 Å². The molecule has 0 aliphatic heterocycles. The number of nitrogens with one attached hydrogen (secondary N) is 2. The lowest BCUT2D eigenvalue weighted by atomic mass is 10.1. The minimum absolute atomic E-state index is 0.160. The molecule has 0 aliphatic carbocycles. The van der Waals surface area contributed by atoms with Gasteiger partial charge in [0.1, 0.15) is 11.4 Å². The van der Waals surface area contributed by atoms with Gasteiger partial charge in [-0.1, -0.05) is 18.2 Å². The van der Waals surface area contributed by atoms with Crippen molar-refractivity contribution in [3.8, 4) is 5.75 Å². The van der Waals surface area contributed by atoms with Crippen molar-refractivity contribution in [3.63, 3.8) is 0 Å². The molecule has 6 heteroatoms. The summed E-state index contributed by atoms with van der Waals surface area (Å²) < 4.78 is 6.03. The fraction of sp³-hybridized carbons (Fsp3) is 0.619. The van der Waals surface area contributed by atoms with E-state index in [9.17, 15) is 4.79 Å². The number of rotatable bonds is 9. The first kappa shape index (κ1) is 22.8. The van der Waals surface area contributed by atoms with Crippen LogP contribution in [0.5, 0.6) is 5.75 Å². The number of aliphatic imine (C=N–C) groups is 1. The Hall–Kier alpha value is -2.24. The molecule has 0 aliphatic rings. The third kappa shape index (κ3) is 8.80. The average Bonchev–Trinajstić information content (AvgIpc) is 2.60. The zero-order valence-electron chi connectivity index (χ0n) is 17.8. The maximum atomic E-state index is 12.1. The minimum Gasteiger partial charge on any atom is -0.488 e. The van der Waals surface area contributed by atoms with E-state index in [4.69, 9.17) is 4.74 Å². The number of benzene rings is 1. The highest BCUT2D eigenvalue weighted by molar-refractivity contribution is 5.81. The molecular weight excluding hydrogens is 340 g/mol. The lowest BCUT2D eigenvalue weighted by Crippen LogP contribution is -2.40. The summed E-state index contributed by atoms with van der Waals surface area (Å²) in [5.74, 6) is 1.71. The second-order valence-corrected chi connectivity index (χ2v) is 7.26. The van der Waals surface area contributed by atoms with Crippen LogP contribution in [0, 0.1) is 0 Å². The van der Waals surface area contributed by atoms with Gasteiger partial charge < -0.3 is 20.3 Å². The Bertz CT molecular complexity index is 604. The zero-order valence-corrected chi connectivity index (χ0v) is 17.8. The van der Waals surface area contributed by atoms with Gasteiger partial charge in [0.15, 0.2) is 5.96 Å². The summed E-state index contributed by atoms with van der Waals surface area (Å²) >= 11 is 0. The van der Waals surface area contributed by atoms with Gasteiger partial charge in [0.05, 0.1) is 6.54 Å². The first-order valence-corrected chi connectivity index (χ1v) is 9.87. The third-order valence-electron chi connectivity index (χ3n) is 3.89. The second kappa shape index (κ2) is 11.5. The average molecular weight is 377 g/mol. The number of carbonyl (C=O) groups is 1. The van der Waals surface area contributed by atoms with Crippen LogP contribution in [-0.2, 0) is 11.3 Å². The summed E-state index contributed by atoms with van der Waals surface area (Å²) in [6, 6.07) is 7.96. The highest BCUT2D eigenvalue weighted by atomic mass is 16.5. The fourth-order valence-electron chi connectivity index (χ4n) is 2.59. The summed E-state index contributed by atoms with van der Waals surface area (Å²) in [5.41, 5.74) is 0.775. The first-order chi connectivity index (χ1) is 12.8. The summed E-state index contributed by atoms with van der Waals surface area (Å²) in [5, 5.41) is 6.47. The smallest absolute Gasteiger partial charge is 0.224 e. The maximum Gasteiger partial charge on any atom is 0.224 e. The molecular formula is C21H36N4O2. The van der Waals surface area contributed by atoms with Crippen LogP contribution in [0.15, 0.2) is 29.3 Å². The zero-order chi connectivity index (χ0) is 20.3. The maximum absolute atomic E-state index is 12.1. The SMILES string of the molecule is CCNC(=NCc1ccccc1OC(C)(C)C)NCCC(=O)N(CC)CC. The van der Waals surface area contributed by atoms with Crippen molar-refractivity contribution in [2.24, 2.45) is 4.99 Å². The van der Waals surface area contributed by atoms with Gasteiger partial charge in [-0.05, 0) is 47.6 Å². The van der Waals surface area contributed by atoms with E-state index >= 15 is 0 Å². The number of ether oxygens (including phenoxy) is 1. The quantitative estimate of drug-likeness (QED) is 0.513. The number of hydrogen-bond donors (Lipinski definition) is 2. The molecule has 1 aromatic rings. The predicted molar refractivity (Wildman–Crippen MR) is 112 cm³/mol. The van der Waals surface area contributed by atoms with Crippen LogP contribution < -0.4 is 15.4 Å². The van der Waals surface area contributed by atoms with Crippen LogP contribution in [0.1, 0.15) is 53.5 Å². The van der Waals surface area contributed by atoms with E-state index in [0.717, 1.165) is 30.9 Å². The van der Waals surface area contributed by atoms with Crippen molar-refractivity contribution in [2.45, 2.75) is 60.1 Å². The van der Waals surface area contributed by atoms with Crippen LogP contribution in [0.2, 0.25) is 0 Å². The van der Waals surface area contributed by atoms with Crippen LogP contribution in [-0.4, -0.2) is 48.5 Å². The Morgan fingerprint density at radius 3 is 2.37 bits per heavy atom. The molecule has 0 bridgehead atoms. The Morgan fingerprint density at radius 2 is 1.78 bits per heavy atom. The van der Waals surface area contributed by atoms with E-state index in [-0.39, 0.29) is 11.5 Å². The molecule has 1 rings (SSSR count). The molecule has 152 valence electrons. The van der Waals surface area contributed by atoms with Gasteiger partial charge in [0, 0.05) is 38.2 Å². The van der Waals surface area contributed by atoms with E-state index in [2.05, 4.69) is 15.6 Å². The van der Waals surface area contributed by atoms with E-state index in [1.165, 1.54) is 0 Å². The predicted octanol–water partition coefficient (Wildman–Crippen LogP) is 3.18. The number of nitrogens with zero attached hydrogens (tertiary/aromatic N) is 2. The van der Waals surface area contributed by atoms with Crippen molar-refractivity contribution in [1.82, 2.24) is 15.5 Å². The van der Waals surface area contributed by atoms with E-state index < -0.39 is 0 Å². The largest absolute Gasteiger partial charge is 0.488 e. The van der Waals surface area contributed by atoms with Gasteiger partial charge in [-0.3, -0.25) is 4.79 Å². The molecule has 0 aromatic heterocycles. The molecule has 0 heterocycles. The molecule has 0 spiro atoms. The van der Waals surface area contributed by atoms with Crippen molar-refractivity contribution in [3.05, 3.63) is 29.8 Å². The van der Waals surface area contributed by atoms with Crippen LogP contribution >= 0.6 is 0 Å². The molecule has 6 nitrogen and oxygen atoms in total. The summed E-state index contributed by atoms with van der Waals surface area (Å²) in [6.45, 7) is 15.4. The Balaban J connectivity index is 2.70. The number of hydrogen-bond acceptors (Lipinski definition) is 3. The highest BCUT2D eigenvalue weighted by Crippen LogP contribution is 2.23. The van der Waals surface area contributed by atoms with Gasteiger partial charge >= 0.3 is 0 Å². The van der Waals surface area contributed by atoms with Crippen LogP contribution in [0.4, 0.5) is 0 Å². The van der Waals surface area contributed by atoms with Gasteiger partial charge in [-0.25, -0.2) is 4.99 Å². The highest BCUT2D eigenvalue weighted by Gasteiger charge is 2.14. The molecule has 0 fully saturated rings. The summed E-state index contributed by atoms with van der Waals surface area (Å²) in [7, 11) is 0. The first-order valence-electron chi connectivity index (χ1n) is 9.87. The Kier molecular flexibility index (Phi) is 9.68. The molecule has 0 radical (unpaired) electrons. The van der Waals surface area contributed by atoms with Crippen LogP contribution in [0.25, 0.3) is 0 Å². The number of para-hydroxylation sites is 1. The molecule has 1 aromatic carbocycles. The topological polar surface area (TPSA) is 66.0 Å². The minimum atomic E-state index is -0.257.